The fraction of sp³-hybridized carbons (Fsp3) is 0.385. The molecule has 2 N–H and O–H groups in total. The van der Waals surface area contributed by atoms with Crippen molar-refractivity contribution in [2.45, 2.75) is 57.0 Å². The van der Waals surface area contributed by atoms with E-state index in [0.29, 0.717) is 24.7 Å². The van der Waals surface area contributed by atoms with Crippen LogP contribution in [0.4, 0.5) is 17.6 Å². The number of H-pyrrole nitrogens is 1. The van der Waals surface area contributed by atoms with Crippen LogP contribution in [0.3, 0.4) is 0 Å². The summed E-state index contributed by atoms with van der Waals surface area (Å²) in [6, 6.07) is 5.37. The molecule has 1 saturated carbocycles. The number of alkyl halides is 2. The van der Waals surface area contributed by atoms with Crippen molar-refractivity contribution in [1.82, 2.24) is 35.3 Å². The minimum absolute atomic E-state index is 0.0103. The molecule has 38 heavy (non-hydrogen) atoms. The van der Waals surface area contributed by atoms with E-state index in [4.69, 9.17) is 4.98 Å². The minimum atomic E-state index is -3.41. The molecular formula is C26H23F4N7O. The van der Waals surface area contributed by atoms with Crippen molar-refractivity contribution >= 4 is 0 Å². The third-order valence-corrected chi connectivity index (χ3v) is 8.14. The van der Waals surface area contributed by atoms with Gasteiger partial charge in [-0.1, -0.05) is 19.9 Å². The summed E-state index contributed by atoms with van der Waals surface area (Å²) < 4.78 is 56.1. The predicted octanol–water partition coefficient (Wildman–Crippen LogP) is 4.89. The maximum absolute atomic E-state index is 14.5. The topological polar surface area (TPSA) is 113 Å². The molecule has 3 heterocycles. The van der Waals surface area contributed by atoms with Crippen molar-refractivity contribution < 1.29 is 22.7 Å². The van der Waals surface area contributed by atoms with Gasteiger partial charge in [-0.15, -0.1) is 5.10 Å². The Morgan fingerprint density at radius 2 is 1.82 bits per heavy atom. The Kier molecular flexibility index (Phi) is 5.23. The summed E-state index contributed by atoms with van der Waals surface area (Å²) in [5, 5.41) is 24.9. The SMILES string of the molecule is CC(F)(F)[C@H](O)c1nc(-c2cncc([C@@]34CC[C@@H](c5cc(-c6c(F)cccc6F)nnc53)C4(C)C)n2)n[nH]1. The highest BCUT2D eigenvalue weighted by atomic mass is 19.3. The number of nitrogens with one attached hydrogen (secondary N) is 1. The van der Waals surface area contributed by atoms with E-state index in [2.05, 4.69) is 44.2 Å². The molecule has 12 heteroatoms. The Labute approximate surface area is 214 Å². The molecule has 0 aliphatic heterocycles. The maximum atomic E-state index is 14.5. The van der Waals surface area contributed by atoms with Crippen molar-refractivity contribution in [1.29, 1.82) is 0 Å². The fourth-order valence-corrected chi connectivity index (χ4v) is 6.19. The predicted molar refractivity (Wildman–Crippen MR) is 127 cm³/mol. The van der Waals surface area contributed by atoms with Crippen LogP contribution in [0.2, 0.25) is 0 Å². The van der Waals surface area contributed by atoms with Crippen molar-refractivity contribution in [2.24, 2.45) is 5.41 Å². The lowest BCUT2D eigenvalue weighted by Gasteiger charge is -2.37. The largest absolute Gasteiger partial charge is 0.379 e. The van der Waals surface area contributed by atoms with E-state index in [-0.39, 0.29) is 34.5 Å². The first kappa shape index (κ1) is 24.5. The summed E-state index contributed by atoms with van der Waals surface area (Å²) >= 11 is 0. The standard InChI is InChI=1S/C26H23F4N7O/c1-24(2)13-7-8-26(24,20-12(13)9-16(34-35-20)19-14(27)5-4-6-15(19)28)18-11-31-10-17(32-18)22-33-23(37-36-22)21(38)25(3,29)30/h4-6,9-11,13,21,38H,7-8H2,1-3H3,(H,33,36,37)/t13-,21+,26-/m0/s1. The smallest absolute Gasteiger partial charge is 0.277 e. The number of nitrogens with zero attached hydrogens (tertiary/aromatic N) is 6. The molecule has 2 aliphatic carbocycles. The van der Waals surface area contributed by atoms with Crippen molar-refractivity contribution in [3.63, 3.8) is 0 Å². The van der Waals surface area contributed by atoms with E-state index in [9.17, 15) is 22.7 Å². The van der Waals surface area contributed by atoms with Gasteiger partial charge in [-0.2, -0.15) is 10.2 Å². The molecule has 4 aromatic rings. The highest BCUT2D eigenvalue weighted by Crippen LogP contribution is 2.69. The molecular weight excluding hydrogens is 502 g/mol. The second kappa shape index (κ2) is 8.10. The molecule has 0 amide bonds. The highest BCUT2D eigenvalue weighted by Gasteiger charge is 2.65. The normalized spacial score (nSPS) is 22.5. The summed E-state index contributed by atoms with van der Waals surface area (Å²) in [6.45, 7) is 4.77. The van der Waals surface area contributed by atoms with Gasteiger partial charge >= 0.3 is 0 Å². The molecule has 2 bridgehead atoms. The Morgan fingerprint density at radius 3 is 2.53 bits per heavy atom. The summed E-state index contributed by atoms with van der Waals surface area (Å²) in [5.74, 6) is -5.19. The van der Waals surface area contributed by atoms with Gasteiger partial charge in [0.1, 0.15) is 17.3 Å². The van der Waals surface area contributed by atoms with Crippen LogP contribution in [-0.4, -0.2) is 46.4 Å². The summed E-state index contributed by atoms with van der Waals surface area (Å²) in [6.07, 6.45) is 2.36. The van der Waals surface area contributed by atoms with Gasteiger partial charge in [0.2, 0.25) is 5.82 Å². The van der Waals surface area contributed by atoms with E-state index in [1.807, 2.05) is 0 Å². The van der Waals surface area contributed by atoms with Crippen molar-refractivity contribution in [2.75, 3.05) is 0 Å². The molecule has 0 saturated heterocycles. The van der Waals surface area contributed by atoms with Crippen LogP contribution in [0.15, 0.2) is 36.7 Å². The number of hydrogen-bond acceptors (Lipinski definition) is 7. The molecule has 2 aliphatic rings. The van der Waals surface area contributed by atoms with Crippen LogP contribution in [0.1, 0.15) is 68.4 Å². The second-order valence-corrected chi connectivity index (χ2v) is 10.5. The van der Waals surface area contributed by atoms with Gasteiger partial charge in [0.15, 0.2) is 11.9 Å². The number of aliphatic hydroxyl groups excluding tert-OH is 1. The average molecular weight is 526 g/mol. The third-order valence-electron chi connectivity index (χ3n) is 8.14. The zero-order valence-electron chi connectivity index (χ0n) is 20.7. The van der Waals surface area contributed by atoms with Crippen LogP contribution in [0, 0.1) is 17.0 Å². The van der Waals surface area contributed by atoms with E-state index >= 15 is 0 Å². The maximum Gasteiger partial charge on any atom is 0.277 e. The lowest BCUT2D eigenvalue weighted by atomic mass is 9.66. The number of aliphatic hydroxyl groups is 1. The number of hydrogen-bond donors (Lipinski definition) is 2. The highest BCUT2D eigenvalue weighted by molar-refractivity contribution is 5.64. The molecule has 3 aromatic heterocycles. The van der Waals surface area contributed by atoms with Gasteiger partial charge in [0.05, 0.1) is 34.3 Å². The van der Waals surface area contributed by atoms with Crippen LogP contribution in [0.25, 0.3) is 22.8 Å². The summed E-state index contributed by atoms with van der Waals surface area (Å²) in [7, 11) is 0. The molecule has 0 radical (unpaired) electrons. The number of aromatic amines is 1. The Balaban J connectivity index is 1.45. The molecule has 1 fully saturated rings. The number of halogens is 4. The molecule has 0 spiro atoms. The number of benzene rings is 1. The Bertz CT molecular complexity index is 1550. The minimum Gasteiger partial charge on any atom is -0.379 e. The van der Waals surface area contributed by atoms with E-state index in [1.165, 1.54) is 24.4 Å². The number of fused-ring (bicyclic) bond motifs is 5. The summed E-state index contributed by atoms with van der Waals surface area (Å²) in [4.78, 5) is 13.1. The first-order chi connectivity index (χ1) is 17.9. The molecule has 196 valence electrons. The molecule has 0 unspecified atom stereocenters. The van der Waals surface area contributed by atoms with Gasteiger partial charge in [0, 0.05) is 13.1 Å². The third kappa shape index (κ3) is 3.32. The average Bonchev–Trinajstić information content (AvgIpc) is 3.51. The van der Waals surface area contributed by atoms with Crippen LogP contribution in [0.5, 0.6) is 0 Å². The Hall–Kier alpha value is -3.80. The molecule has 6 rings (SSSR count). The van der Waals surface area contributed by atoms with Gasteiger partial charge in [-0.05, 0) is 47.9 Å². The van der Waals surface area contributed by atoms with Crippen LogP contribution < -0.4 is 0 Å². The van der Waals surface area contributed by atoms with E-state index in [0.717, 1.165) is 12.0 Å². The van der Waals surface area contributed by atoms with E-state index < -0.39 is 34.5 Å². The molecule has 1 aromatic carbocycles. The van der Waals surface area contributed by atoms with Crippen LogP contribution >= 0.6 is 0 Å². The van der Waals surface area contributed by atoms with E-state index in [1.54, 1.807) is 12.3 Å². The zero-order valence-corrected chi connectivity index (χ0v) is 20.7. The van der Waals surface area contributed by atoms with Crippen molar-refractivity contribution in [3.05, 3.63) is 71.1 Å². The quantitative estimate of drug-likeness (QED) is 0.357. The first-order valence-electron chi connectivity index (χ1n) is 12.1. The fourth-order valence-electron chi connectivity index (χ4n) is 6.19. The lowest BCUT2D eigenvalue weighted by molar-refractivity contribution is -0.0989. The summed E-state index contributed by atoms with van der Waals surface area (Å²) in [5.41, 5.74) is 1.14. The van der Waals surface area contributed by atoms with Crippen molar-refractivity contribution in [3.8, 4) is 22.8 Å². The number of aromatic nitrogens is 7. The van der Waals surface area contributed by atoms with Crippen LogP contribution in [-0.2, 0) is 5.41 Å². The number of rotatable bonds is 5. The first-order valence-corrected chi connectivity index (χ1v) is 12.1. The zero-order chi connectivity index (χ0) is 27.0. The molecule has 8 nitrogen and oxygen atoms in total. The molecule has 3 atom stereocenters. The second-order valence-electron chi connectivity index (χ2n) is 10.5. The van der Waals surface area contributed by atoms with Gasteiger partial charge < -0.3 is 5.11 Å². The monoisotopic (exact) mass is 525 g/mol. The van der Waals surface area contributed by atoms with Gasteiger partial charge in [-0.25, -0.2) is 27.5 Å². The Morgan fingerprint density at radius 1 is 1.08 bits per heavy atom. The van der Waals surface area contributed by atoms with Gasteiger partial charge in [0.25, 0.3) is 5.92 Å². The lowest BCUT2D eigenvalue weighted by Crippen LogP contribution is -2.38. The van der Waals surface area contributed by atoms with Gasteiger partial charge in [-0.3, -0.25) is 10.1 Å².